The molecule has 2 aromatic carbocycles. The van der Waals surface area contributed by atoms with E-state index >= 15 is 0 Å². The highest BCUT2D eigenvalue weighted by Crippen LogP contribution is 2.62. The molecule has 5 rings (SSSR count). The van der Waals surface area contributed by atoms with Crippen molar-refractivity contribution in [3.05, 3.63) is 65.0 Å². The van der Waals surface area contributed by atoms with Crippen molar-refractivity contribution < 1.29 is 14.6 Å². The number of rotatable bonds is 4. The van der Waals surface area contributed by atoms with Gasteiger partial charge in [0.25, 0.3) is 0 Å². The minimum atomic E-state index is -0.826. The van der Waals surface area contributed by atoms with Crippen LogP contribution in [0.3, 0.4) is 0 Å². The molecule has 2 atom stereocenters. The Hall–Kier alpha value is -3.72. The summed E-state index contributed by atoms with van der Waals surface area (Å²) in [4.78, 5) is 18.8. The van der Waals surface area contributed by atoms with Gasteiger partial charge in [0.15, 0.2) is 0 Å². The van der Waals surface area contributed by atoms with E-state index in [1.165, 1.54) is 0 Å². The zero-order chi connectivity index (χ0) is 20.3. The van der Waals surface area contributed by atoms with E-state index in [-0.39, 0.29) is 0 Å². The number of nitrogens with one attached hydrogen (secondary N) is 2. The van der Waals surface area contributed by atoms with Gasteiger partial charge in [0, 0.05) is 39.3 Å². The van der Waals surface area contributed by atoms with E-state index in [2.05, 4.69) is 16.0 Å². The average Bonchev–Trinajstić information content (AvgIpc) is 3.07. The molecule has 0 saturated heterocycles. The summed E-state index contributed by atoms with van der Waals surface area (Å²) in [5.41, 5.74) is 4.50. The molecule has 1 aliphatic carbocycles. The molecule has 144 valence electrons. The Labute approximate surface area is 166 Å². The van der Waals surface area contributed by atoms with Crippen LogP contribution in [0.4, 0.5) is 0 Å². The number of hydrogen-bond acceptors (Lipinski definition) is 3. The molecule has 2 aromatic heterocycles. The normalized spacial score (nSPS) is 20.7. The summed E-state index contributed by atoms with van der Waals surface area (Å²) in [5, 5.41) is 21.0. The van der Waals surface area contributed by atoms with E-state index in [9.17, 15) is 15.2 Å². The van der Waals surface area contributed by atoms with Crippen molar-refractivity contribution in [3.8, 4) is 11.8 Å². The van der Waals surface area contributed by atoms with E-state index in [4.69, 9.17) is 4.74 Å². The lowest BCUT2D eigenvalue weighted by Gasteiger charge is -2.21. The van der Waals surface area contributed by atoms with Gasteiger partial charge in [-0.15, -0.1) is 0 Å². The first-order valence-electron chi connectivity index (χ1n) is 9.41. The van der Waals surface area contributed by atoms with Crippen molar-refractivity contribution >= 4 is 27.8 Å². The molecular weight excluding hydrogens is 366 g/mol. The minimum absolute atomic E-state index is 0.486. The highest BCUT2D eigenvalue weighted by Gasteiger charge is 2.63. The molecule has 0 radical (unpaired) electrons. The van der Waals surface area contributed by atoms with Gasteiger partial charge in [-0.05, 0) is 55.3 Å². The van der Waals surface area contributed by atoms with E-state index in [1.807, 2.05) is 43.5 Å². The van der Waals surface area contributed by atoms with Crippen molar-refractivity contribution in [1.82, 2.24) is 9.97 Å². The first-order valence-corrected chi connectivity index (χ1v) is 9.41. The molecule has 0 aliphatic heterocycles. The second-order valence-electron chi connectivity index (χ2n) is 7.70. The lowest BCUT2D eigenvalue weighted by atomic mass is 9.85. The number of methoxy groups -OCH3 is 1. The predicted molar refractivity (Wildman–Crippen MR) is 109 cm³/mol. The number of aromatic nitrogens is 2. The number of carbonyl (C=O) groups is 1. The first-order chi connectivity index (χ1) is 14.0. The molecule has 4 aromatic rings. The van der Waals surface area contributed by atoms with Crippen molar-refractivity contribution in [1.29, 1.82) is 5.26 Å². The van der Waals surface area contributed by atoms with Crippen LogP contribution in [0.2, 0.25) is 0 Å². The van der Waals surface area contributed by atoms with Crippen molar-refractivity contribution in [2.75, 3.05) is 7.11 Å². The number of benzene rings is 2. The zero-order valence-corrected chi connectivity index (χ0v) is 16.0. The van der Waals surface area contributed by atoms with Crippen LogP contribution >= 0.6 is 0 Å². The number of aryl methyl sites for hydroxylation is 1. The van der Waals surface area contributed by atoms with Crippen LogP contribution in [-0.4, -0.2) is 28.2 Å². The largest absolute Gasteiger partial charge is 0.496 e. The van der Waals surface area contributed by atoms with Crippen LogP contribution in [0.1, 0.15) is 28.8 Å². The summed E-state index contributed by atoms with van der Waals surface area (Å²) in [5.74, 6) is -0.692. The predicted octanol–water partition coefficient (Wildman–Crippen LogP) is 4.23. The quantitative estimate of drug-likeness (QED) is 0.489. The Morgan fingerprint density at radius 3 is 2.83 bits per heavy atom. The highest BCUT2D eigenvalue weighted by atomic mass is 16.5. The number of hydrogen-bond donors (Lipinski definition) is 3. The number of H-pyrrole nitrogens is 2. The Morgan fingerprint density at radius 1 is 1.31 bits per heavy atom. The standard InChI is InChI=1S/C23H19N3O3/c1-12-7-18(29-2)20(15-5-6-25-21(12)15)23(10-16(23)22(27)28)19-9-14-8-13(11-24)3-4-17(14)26-19/h3-9,16,25-26H,10H2,1-2H3,(H,27,28). The van der Waals surface area contributed by atoms with Gasteiger partial charge in [0.05, 0.1) is 30.1 Å². The van der Waals surface area contributed by atoms with Gasteiger partial charge in [0.2, 0.25) is 0 Å². The van der Waals surface area contributed by atoms with Crippen LogP contribution in [0.15, 0.2) is 42.6 Å². The van der Waals surface area contributed by atoms with Gasteiger partial charge in [0.1, 0.15) is 5.75 Å². The summed E-state index contributed by atoms with van der Waals surface area (Å²) >= 11 is 0. The number of ether oxygens (including phenoxy) is 1. The first kappa shape index (κ1) is 17.4. The van der Waals surface area contributed by atoms with Crippen LogP contribution < -0.4 is 4.74 Å². The molecule has 6 heteroatoms. The molecule has 0 amide bonds. The van der Waals surface area contributed by atoms with Crippen LogP contribution in [0, 0.1) is 24.2 Å². The lowest BCUT2D eigenvalue weighted by molar-refractivity contribution is -0.138. The summed E-state index contributed by atoms with van der Waals surface area (Å²) in [6.07, 6.45) is 2.36. The highest BCUT2D eigenvalue weighted by molar-refractivity contribution is 5.94. The third kappa shape index (κ3) is 2.31. The maximum absolute atomic E-state index is 12.1. The number of nitrogens with zero attached hydrogens (tertiary/aromatic N) is 1. The fourth-order valence-corrected chi connectivity index (χ4v) is 4.71. The molecule has 2 heterocycles. The van der Waals surface area contributed by atoms with Crippen molar-refractivity contribution in [2.24, 2.45) is 5.92 Å². The van der Waals surface area contributed by atoms with Gasteiger partial charge in [-0.3, -0.25) is 4.79 Å². The number of aliphatic carboxylic acids is 1. The maximum atomic E-state index is 12.1. The van der Waals surface area contributed by atoms with Gasteiger partial charge in [-0.25, -0.2) is 0 Å². The molecule has 1 saturated carbocycles. The smallest absolute Gasteiger partial charge is 0.307 e. The SMILES string of the molecule is COc1cc(C)c2[nH]ccc2c1C1(c2cc3cc(C#N)ccc3[nH]2)CC1C(=O)O. The van der Waals surface area contributed by atoms with Crippen LogP contribution in [-0.2, 0) is 10.2 Å². The Balaban J connectivity index is 1.82. The van der Waals surface area contributed by atoms with Crippen LogP contribution in [0.5, 0.6) is 5.75 Å². The Kier molecular flexibility index (Phi) is 3.53. The molecule has 2 unspecified atom stereocenters. The molecular formula is C23H19N3O3. The Bertz CT molecular complexity index is 1340. The molecule has 1 aliphatic rings. The van der Waals surface area contributed by atoms with Gasteiger partial charge in [-0.2, -0.15) is 5.26 Å². The van der Waals surface area contributed by atoms with E-state index in [0.717, 1.165) is 38.6 Å². The second-order valence-corrected chi connectivity index (χ2v) is 7.70. The van der Waals surface area contributed by atoms with Gasteiger partial charge in [-0.1, -0.05) is 0 Å². The third-order valence-corrected chi connectivity index (χ3v) is 6.16. The maximum Gasteiger partial charge on any atom is 0.307 e. The minimum Gasteiger partial charge on any atom is -0.496 e. The molecule has 0 spiro atoms. The summed E-state index contributed by atoms with van der Waals surface area (Å²) in [6.45, 7) is 2.01. The van der Waals surface area contributed by atoms with E-state index in [0.29, 0.717) is 17.7 Å². The second kappa shape index (κ2) is 5.89. The van der Waals surface area contributed by atoms with Gasteiger partial charge < -0.3 is 19.8 Å². The summed E-state index contributed by atoms with van der Waals surface area (Å²) in [7, 11) is 1.62. The zero-order valence-electron chi connectivity index (χ0n) is 16.0. The van der Waals surface area contributed by atoms with Crippen molar-refractivity contribution in [2.45, 2.75) is 18.8 Å². The fraction of sp³-hybridized carbons (Fsp3) is 0.217. The molecule has 1 fully saturated rings. The number of fused-ring (bicyclic) bond motifs is 2. The fourth-order valence-electron chi connectivity index (χ4n) is 4.71. The molecule has 0 bridgehead atoms. The monoisotopic (exact) mass is 385 g/mol. The Morgan fingerprint density at radius 2 is 2.14 bits per heavy atom. The molecule has 3 N–H and O–H groups in total. The van der Waals surface area contributed by atoms with Crippen molar-refractivity contribution in [3.63, 3.8) is 0 Å². The number of carboxylic acids is 1. The van der Waals surface area contributed by atoms with E-state index < -0.39 is 17.3 Å². The molecule has 6 nitrogen and oxygen atoms in total. The number of carboxylic acid groups (broad SMARTS) is 1. The summed E-state index contributed by atoms with van der Waals surface area (Å²) < 4.78 is 5.73. The molecule has 29 heavy (non-hydrogen) atoms. The lowest BCUT2D eigenvalue weighted by Crippen LogP contribution is -2.19. The van der Waals surface area contributed by atoms with E-state index in [1.54, 1.807) is 13.2 Å². The number of aromatic amines is 2. The topological polar surface area (TPSA) is 102 Å². The number of nitriles is 1. The third-order valence-electron chi connectivity index (χ3n) is 6.16. The van der Waals surface area contributed by atoms with Gasteiger partial charge >= 0.3 is 5.97 Å². The average molecular weight is 385 g/mol. The summed E-state index contributed by atoms with van der Waals surface area (Å²) in [6, 6.07) is 13.5. The van der Waals surface area contributed by atoms with Crippen LogP contribution in [0.25, 0.3) is 21.8 Å².